The Hall–Kier alpha value is -1.39. The minimum atomic E-state index is -0.0542. The normalized spacial score (nSPS) is 13.2. The van der Waals surface area contributed by atoms with Crippen LogP contribution in [0.4, 0.5) is 0 Å². The van der Waals surface area contributed by atoms with Crippen LogP contribution in [-0.4, -0.2) is 27.6 Å². The number of nitrogens with two attached hydrogens (primary N) is 1. The van der Waals surface area contributed by atoms with Crippen LogP contribution in [-0.2, 0) is 6.42 Å². The van der Waals surface area contributed by atoms with Gasteiger partial charge in [0, 0.05) is 18.4 Å². The van der Waals surface area contributed by atoms with E-state index in [4.69, 9.17) is 5.73 Å². The van der Waals surface area contributed by atoms with E-state index in [9.17, 15) is 0 Å². The summed E-state index contributed by atoms with van der Waals surface area (Å²) >= 11 is 0. The monoisotopic (exact) mass is 195 g/mol. The second-order valence-corrected chi connectivity index (χ2v) is 4.20. The van der Waals surface area contributed by atoms with Crippen molar-refractivity contribution in [3.8, 4) is 0 Å². The summed E-state index contributed by atoms with van der Waals surface area (Å²) in [4.78, 5) is 8.28. The highest BCUT2D eigenvalue weighted by molar-refractivity contribution is 5.85. The van der Waals surface area contributed by atoms with Crippen molar-refractivity contribution in [2.24, 2.45) is 16.1 Å². The number of aromatic nitrogens is 3. The smallest absolute Gasteiger partial charge is 0.137 e. The number of hydrogen-bond donors (Lipinski definition) is 2. The van der Waals surface area contributed by atoms with Gasteiger partial charge in [0.1, 0.15) is 12.2 Å². The Morgan fingerprint density at radius 1 is 1.57 bits per heavy atom. The first-order valence-corrected chi connectivity index (χ1v) is 4.65. The molecule has 0 spiro atoms. The molecule has 5 heteroatoms. The Balaban J connectivity index is 2.41. The van der Waals surface area contributed by atoms with E-state index >= 15 is 0 Å². The summed E-state index contributed by atoms with van der Waals surface area (Å²) in [6, 6.07) is 0. The second-order valence-electron chi connectivity index (χ2n) is 4.20. The van der Waals surface area contributed by atoms with E-state index in [1.54, 1.807) is 0 Å². The van der Waals surface area contributed by atoms with Gasteiger partial charge in [0.15, 0.2) is 0 Å². The van der Waals surface area contributed by atoms with Gasteiger partial charge in [0.05, 0.1) is 5.84 Å². The van der Waals surface area contributed by atoms with Crippen LogP contribution in [0.1, 0.15) is 26.6 Å². The van der Waals surface area contributed by atoms with Crippen LogP contribution in [0.5, 0.6) is 0 Å². The van der Waals surface area contributed by atoms with E-state index in [1.807, 2.05) is 20.8 Å². The standard InChI is InChI=1S/C9H17N5/c1-9(2,3)8(10)11-5-4-7-12-6-13-14-7/h6H,4-5H2,1-3H3,(H2,10,11)(H,12,13,14). The van der Waals surface area contributed by atoms with Gasteiger partial charge in [-0.1, -0.05) is 20.8 Å². The highest BCUT2D eigenvalue weighted by atomic mass is 15.2. The maximum Gasteiger partial charge on any atom is 0.137 e. The maximum absolute atomic E-state index is 5.79. The topological polar surface area (TPSA) is 79.9 Å². The highest BCUT2D eigenvalue weighted by Gasteiger charge is 2.14. The van der Waals surface area contributed by atoms with Crippen molar-refractivity contribution in [2.45, 2.75) is 27.2 Å². The first-order valence-electron chi connectivity index (χ1n) is 4.65. The lowest BCUT2D eigenvalue weighted by atomic mass is 9.95. The zero-order chi connectivity index (χ0) is 10.6. The molecular weight excluding hydrogens is 178 g/mol. The van der Waals surface area contributed by atoms with E-state index in [0.29, 0.717) is 12.4 Å². The Morgan fingerprint density at radius 2 is 2.29 bits per heavy atom. The van der Waals surface area contributed by atoms with Gasteiger partial charge >= 0.3 is 0 Å². The highest BCUT2D eigenvalue weighted by Crippen LogP contribution is 2.12. The van der Waals surface area contributed by atoms with E-state index in [0.717, 1.165) is 12.2 Å². The molecule has 78 valence electrons. The van der Waals surface area contributed by atoms with Crippen molar-refractivity contribution in [3.05, 3.63) is 12.2 Å². The van der Waals surface area contributed by atoms with Crippen molar-refractivity contribution in [2.75, 3.05) is 6.54 Å². The van der Waals surface area contributed by atoms with Crippen molar-refractivity contribution in [1.82, 2.24) is 15.2 Å². The fourth-order valence-corrected chi connectivity index (χ4v) is 0.871. The molecule has 0 bridgehead atoms. The number of hydrogen-bond acceptors (Lipinski definition) is 3. The molecule has 0 saturated heterocycles. The Bertz CT molecular complexity index is 294. The van der Waals surface area contributed by atoms with Crippen LogP contribution in [0.25, 0.3) is 0 Å². The van der Waals surface area contributed by atoms with Gasteiger partial charge in [0.25, 0.3) is 0 Å². The van der Waals surface area contributed by atoms with Crippen molar-refractivity contribution < 1.29 is 0 Å². The lowest BCUT2D eigenvalue weighted by Gasteiger charge is -2.17. The minimum Gasteiger partial charge on any atom is -0.387 e. The van der Waals surface area contributed by atoms with Crippen LogP contribution in [0.3, 0.4) is 0 Å². The van der Waals surface area contributed by atoms with Gasteiger partial charge < -0.3 is 5.73 Å². The summed E-state index contributed by atoms with van der Waals surface area (Å²) in [6.45, 7) is 6.78. The molecule has 0 saturated carbocycles. The first-order chi connectivity index (χ1) is 6.50. The predicted octanol–water partition coefficient (Wildman–Crippen LogP) is 0.751. The molecule has 0 amide bonds. The summed E-state index contributed by atoms with van der Waals surface area (Å²) in [5, 5.41) is 6.53. The summed E-state index contributed by atoms with van der Waals surface area (Å²) in [5.41, 5.74) is 5.74. The zero-order valence-corrected chi connectivity index (χ0v) is 8.91. The number of aromatic amines is 1. The van der Waals surface area contributed by atoms with E-state index in [1.165, 1.54) is 6.33 Å². The van der Waals surface area contributed by atoms with Gasteiger partial charge in [-0.15, -0.1) is 0 Å². The summed E-state index contributed by atoms with van der Waals surface area (Å²) in [5.74, 6) is 1.52. The predicted molar refractivity (Wildman–Crippen MR) is 56.0 cm³/mol. The first kappa shape index (κ1) is 10.7. The van der Waals surface area contributed by atoms with Crippen molar-refractivity contribution in [3.63, 3.8) is 0 Å². The van der Waals surface area contributed by atoms with Crippen LogP contribution in [0.15, 0.2) is 11.3 Å². The average Bonchev–Trinajstić information content (AvgIpc) is 2.55. The molecule has 0 aliphatic carbocycles. The molecule has 0 aliphatic rings. The van der Waals surface area contributed by atoms with Crippen molar-refractivity contribution >= 4 is 5.84 Å². The molecule has 5 nitrogen and oxygen atoms in total. The number of nitrogens with zero attached hydrogens (tertiary/aromatic N) is 3. The fraction of sp³-hybridized carbons (Fsp3) is 0.667. The number of nitrogens with one attached hydrogen (secondary N) is 1. The lowest BCUT2D eigenvalue weighted by Crippen LogP contribution is -2.29. The molecule has 0 atom stereocenters. The minimum absolute atomic E-state index is 0.0542. The molecule has 14 heavy (non-hydrogen) atoms. The van der Waals surface area contributed by atoms with Crippen LogP contribution in [0.2, 0.25) is 0 Å². The summed E-state index contributed by atoms with van der Waals surface area (Å²) in [7, 11) is 0. The van der Waals surface area contributed by atoms with Crippen LogP contribution in [0, 0.1) is 5.41 Å². The van der Waals surface area contributed by atoms with Gasteiger partial charge in [0.2, 0.25) is 0 Å². The Kier molecular flexibility index (Phi) is 3.22. The van der Waals surface area contributed by atoms with Crippen LogP contribution >= 0.6 is 0 Å². The summed E-state index contributed by atoms with van der Waals surface area (Å²) in [6.07, 6.45) is 2.24. The van der Waals surface area contributed by atoms with E-state index < -0.39 is 0 Å². The zero-order valence-electron chi connectivity index (χ0n) is 8.91. The SMILES string of the molecule is CC(C)(C)C(N)=NCCc1ncn[nH]1. The number of amidine groups is 1. The molecule has 1 heterocycles. The largest absolute Gasteiger partial charge is 0.387 e. The molecule has 1 aromatic rings. The second kappa shape index (κ2) is 4.21. The Labute approximate surface area is 83.8 Å². The van der Waals surface area contributed by atoms with E-state index in [2.05, 4.69) is 20.2 Å². The fourth-order valence-electron chi connectivity index (χ4n) is 0.871. The van der Waals surface area contributed by atoms with E-state index in [-0.39, 0.29) is 5.41 Å². The molecular formula is C9H17N5. The Morgan fingerprint density at radius 3 is 2.79 bits per heavy atom. The molecule has 0 aromatic carbocycles. The number of rotatable bonds is 3. The van der Waals surface area contributed by atoms with Gasteiger partial charge in [-0.25, -0.2) is 4.98 Å². The number of aliphatic imine (C=N–C) groups is 1. The molecule has 3 N–H and O–H groups in total. The molecule has 1 aromatic heterocycles. The van der Waals surface area contributed by atoms with Gasteiger partial charge in [-0.3, -0.25) is 10.1 Å². The molecule has 0 radical (unpaired) electrons. The molecule has 0 aliphatic heterocycles. The average molecular weight is 195 g/mol. The third-order valence-corrected chi connectivity index (χ3v) is 1.86. The lowest BCUT2D eigenvalue weighted by molar-refractivity contribution is 0.581. The maximum atomic E-state index is 5.79. The third kappa shape index (κ3) is 3.16. The molecule has 0 unspecified atom stereocenters. The molecule has 0 fully saturated rings. The third-order valence-electron chi connectivity index (χ3n) is 1.86. The number of H-pyrrole nitrogens is 1. The van der Waals surface area contributed by atoms with Gasteiger partial charge in [-0.05, 0) is 0 Å². The van der Waals surface area contributed by atoms with Gasteiger partial charge in [-0.2, -0.15) is 5.10 Å². The van der Waals surface area contributed by atoms with Crippen LogP contribution < -0.4 is 5.73 Å². The quantitative estimate of drug-likeness (QED) is 0.551. The summed E-state index contributed by atoms with van der Waals surface area (Å²) < 4.78 is 0. The molecule has 1 rings (SSSR count). The van der Waals surface area contributed by atoms with Crippen molar-refractivity contribution in [1.29, 1.82) is 0 Å².